The molecule has 43 heavy (non-hydrogen) atoms. The van der Waals surface area contributed by atoms with E-state index in [9.17, 15) is 18.4 Å². The molecule has 0 unspecified atom stereocenters. The molecule has 1 fully saturated rings. The van der Waals surface area contributed by atoms with Crippen LogP contribution in [0.1, 0.15) is 53.4 Å². The third-order valence-corrected chi connectivity index (χ3v) is 8.24. The first-order chi connectivity index (χ1) is 20.6. The number of ether oxygens (including phenoxy) is 2. The van der Waals surface area contributed by atoms with Crippen molar-refractivity contribution in [1.82, 2.24) is 15.1 Å². The number of amides is 1. The largest absolute Gasteiger partial charge is 0.481 e. The Morgan fingerprint density at radius 2 is 1.88 bits per heavy atom. The topological polar surface area (TPSA) is 121 Å². The summed E-state index contributed by atoms with van der Waals surface area (Å²) in [5.41, 5.74) is 6.46. The third-order valence-electron chi connectivity index (χ3n) is 7.28. The molecule has 5 rings (SSSR count). The quantitative estimate of drug-likeness (QED) is 0.267. The Morgan fingerprint density at radius 3 is 2.58 bits per heavy atom. The fraction of sp³-hybridized carbons (Fsp3) is 0.355. The molecule has 12 heteroatoms. The van der Waals surface area contributed by atoms with Crippen LogP contribution < -0.4 is 15.9 Å². The second kappa shape index (κ2) is 13.1. The Hall–Kier alpha value is -4.00. The van der Waals surface area contributed by atoms with E-state index in [1.54, 1.807) is 4.90 Å². The lowest BCUT2D eigenvalue weighted by Crippen LogP contribution is -2.56. The molecule has 9 nitrogen and oxygen atoms in total. The summed E-state index contributed by atoms with van der Waals surface area (Å²) in [7, 11) is 0. The van der Waals surface area contributed by atoms with Gasteiger partial charge in [0.2, 0.25) is 16.9 Å². The van der Waals surface area contributed by atoms with Gasteiger partial charge in [0.25, 0.3) is 5.91 Å². The molecule has 2 N–H and O–H groups in total. The van der Waals surface area contributed by atoms with Gasteiger partial charge in [0.1, 0.15) is 29.5 Å². The molecule has 0 aliphatic carbocycles. The second-order valence-corrected chi connectivity index (χ2v) is 11.9. The minimum absolute atomic E-state index is 0.0143. The third kappa shape index (κ3) is 7.15. The maximum atomic E-state index is 14.2. The average Bonchev–Trinajstić information content (AvgIpc) is 3.45. The molecule has 0 spiro atoms. The lowest BCUT2D eigenvalue weighted by atomic mass is 9.90. The molecule has 2 aromatic heterocycles. The molecule has 1 aliphatic heterocycles. The number of rotatable bonds is 10. The summed E-state index contributed by atoms with van der Waals surface area (Å²) >= 11 is 1.06. The van der Waals surface area contributed by atoms with Crippen molar-refractivity contribution in [3.05, 3.63) is 98.5 Å². The van der Waals surface area contributed by atoms with Crippen LogP contribution in [0.2, 0.25) is 0 Å². The van der Waals surface area contributed by atoms with E-state index < -0.39 is 28.5 Å². The number of aromatic nitrogens is 2. The Morgan fingerprint density at radius 1 is 1.14 bits per heavy atom. The summed E-state index contributed by atoms with van der Waals surface area (Å²) in [5.74, 6) is -2.41. The SMILES string of the molecule is CC(C)N(CC1(N)CCOCC1)C(=O)c1occ(-c2nnc(Cc3ccc(F)cc3F)s2)c(=O)c1OCc1ccccc1. The van der Waals surface area contributed by atoms with Crippen LogP contribution in [0.5, 0.6) is 5.75 Å². The summed E-state index contributed by atoms with van der Waals surface area (Å²) in [6, 6.07) is 12.3. The number of nitrogens with zero attached hydrogens (tertiary/aromatic N) is 3. The highest BCUT2D eigenvalue weighted by Gasteiger charge is 2.36. The van der Waals surface area contributed by atoms with Crippen molar-refractivity contribution < 1.29 is 27.5 Å². The molecule has 1 amide bonds. The van der Waals surface area contributed by atoms with E-state index in [4.69, 9.17) is 19.6 Å². The van der Waals surface area contributed by atoms with Crippen LogP contribution in [0.3, 0.4) is 0 Å². The highest BCUT2D eigenvalue weighted by atomic mass is 32.1. The maximum Gasteiger partial charge on any atom is 0.293 e. The summed E-state index contributed by atoms with van der Waals surface area (Å²) in [6.07, 6.45) is 2.40. The van der Waals surface area contributed by atoms with Crippen LogP contribution in [0.25, 0.3) is 10.6 Å². The predicted octanol–water partition coefficient (Wildman–Crippen LogP) is 4.96. The Kier molecular flexibility index (Phi) is 9.28. The van der Waals surface area contributed by atoms with Crippen LogP contribution in [-0.4, -0.2) is 52.3 Å². The van der Waals surface area contributed by atoms with Crippen LogP contribution in [-0.2, 0) is 17.8 Å². The summed E-state index contributed by atoms with van der Waals surface area (Å²) in [4.78, 5) is 29.4. The van der Waals surface area contributed by atoms with Gasteiger partial charge in [-0.25, -0.2) is 8.78 Å². The molecule has 226 valence electrons. The molecule has 0 bridgehead atoms. The van der Waals surface area contributed by atoms with E-state index in [2.05, 4.69) is 10.2 Å². The first kappa shape index (κ1) is 30.5. The number of carbonyl (C=O) groups is 1. The van der Waals surface area contributed by atoms with Crippen molar-refractivity contribution in [2.24, 2.45) is 5.73 Å². The molecule has 3 heterocycles. The molecule has 1 aliphatic rings. The van der Waals surface area contributed by atoms with E-state index in [0.29, 0.717) is 31.1 Å². The van der Waals surface area contributed by atoms with Crippen molar-refractivity contribution in [3.63, 3.8) is 0 Å². The van der Waals surface area contributed by atoms with Gasteiger partial charge in [0.15, 0.2) is 5.01 Å². The van der Waals surface area contributed by atoms with Crippen LogP contribution in [0.15, 0.2) is 64.0 Å². The van der Waals surface area contributed by atoms with Crippen LogP contribution in [0.4, 0.5) is 8.78 Å². The summed E-state index contributed by atoms with van der Waals surface area (Å²) < 4.78 is 44.8. The van der Waals surface area contributed by atoms with Crippen molar-refractivity contribution in [2.45, 2.75) is 51.3 Å². The Balaban J connectivity index is 1.48. The molecular weight excluding hydrogens is 578 g/mol. The minimum atomic E-state index is -0.703. The zero-order valence-corrected chi connectivity index (χ0v) is 24.7. The standard InChI is InChI=1S/C31H32F2N4O5S/c1-19(2)37(18-31(34)10-12-40-13-11-31)30(39)28-27(41-16-20-6-4-3-5-7-20)26(38)23(17-42-28)29-36-35-25(43-29)14-21-8-9-22(32)15-24(21)33/h3-9,15,17,19H,10-14,16,18,34H2,1-2H3. The first-order valence-corrected chi connectivity index (χ1v) is 14.7. The monoisotopic (exact) mass is 610 g/mol. The van der Waals surface area contributed by atoms with Crippen molar-refractivity contribution in [3.8, 4) is 16.3 Å². The van der Waals surface area contributed by atoms with E-state index in [1.807, 2.05) is 44.2 Å². The molecule has 4 aromatic rings. The van der Waals surface area contributed by atoms with Crippen molar-refractivity contribution in [1.29, 1.82) is 0 Å². The zero-order chi connectivity index (χ0) is 30.6. The van der Waals surface area contributed by atoms with Gasteiger partial charge >= 0.3 is 0 Å². The summed E-state index contributed by atoms with van der Waals surface area (Å²) in [5, 5.41) is 8.80. The van der Waals surface area contributed by atoms with Crippen molar-refractivity contribution in [2.75, 3.05) is 19.8 Å². The second-order valence-electron chi connectivity index (χ2n) is 10.8. The molecular formula is C31H32F2N4O5S. The molecule has 0 radical (unpaired) electrons. The van der Waals surface area contributed by atoms with Crippen LogP contribution in [0, 0.1) is 11.6 Å². The molecule has 0 saturated carbocycles. The fourth-order valence-corrected chi connectivity index (χ4v) is 5.63. The minimum Gasteiger partial charge on any atom is -0.481 e. The van der Waals surface area contributed by atoms with Gasteiger partial charge in [-0.2, -0.15) is 0 Å². The number of carbonyl (C=O) groups excluding carboxylic acids is 1. The lowest BCUT2D eigenvalue weighted by Gasteiger charge is -2.39. The zero-order valence-electron chi connectivity index (χ0n) is 23.8. The number of hydrogen-bond donors (Lipinski definition) is 1. The van der Waals surface area contributed by atoms with Crippen molar-refractivity contribution >= 4 is 17.2 Å². The van der Waals surface area contributed by atoms with Gasteiger partial charge < -0.3 is 24.5 Å². The number of hydrogen-bond acceptors (Lipinski definition) is 9. The van der Waals surface area contributed by atoms with E-state index in [0.717, 1.165) is 29.0 Å². The molecule has 1 saturated heterocycles. The molecule has 2 aromatic carbocycles. The highest BCUT2D eigenvalue weighted by molar-refractivity contribution is 7.14. The number of benzene rings is 2. The fourth-order valence-electron chi connectivity index (χ4n) is 4.76. The molecule has 0 atom stereocenters. The Labute approximate surface area is 251 Å². The predicted molar refractivity (Wildman–Crippen MR) is 157 cm³/mol. The van der Waals surface area contributed by atoms with Gasteiger partial charge in [-0.05, 0) is 43.9 Å². The first-order valence-electron chi connectivity index (χ1n) is 13.9. The van der Waals surface area contributed by atoms with Gasteiger partial charge in [-0.1, -0.05) is 47.7 Å². The van der Waals surface area contributed by atoms with E-state index >= 15 is 0 Å². The number of nitrogens with two attached hydrogens (primary N) is 1. The van der Waals surface area contributed by atoms with Crippen LogP contribution >= 0.6 is 11.3 Å². The van der Waals surface area contributed by atoms with E-state index in [1.165, 1.54) is 12.3 Å². The maximum absolute atomic E-state index is 14.2. The summed E-state index contributed by atoms with van der Waals surface area (Å²) in [6.45, 7) is 5.00. The smallest absolute Gasteiger partial charge is 0.293 e. The van der Waals surface area contributed by atoms with Gasteiger partial charge in [-0.15, -0.1) is 10.2 Å². The number of halogens is 2. The highest BCUT2D eigenvalue weighted by Crippen LogP contribution is 2.29. The lowest BCUT2D eigenvalue weighted by molar-refractivity contribution is 0.0278. The van der Waals surface area contributed by atoms with Gasteiger partial charge in [-0.3, -0.25) is 9.59 Å². The van der Waals surface area contributed by atoms with Gasteiger partial charge in [0.05, 0.1) is 5.56 Å². The Bertz CT molecular complexity index is 1640. The van der Waals surface area contributed by atoms with E-state index in [-0.39, 0.29) is 53.3 Å². The average molecular weight is 611 g/mol. The van der Waals surface area contributed by atoms with Gasteiger partial charge in [0, 0.05) is 43.8 Å². The normalized spacial score (nSPS) is 14.6.